The number of carbonyl (C=O) groups excluding carboxylic acids is 3. The van der Waals surface area contributed by atoms with Crippen LogP contribution in [0.15, 0.2) is 54.6 Å². The van der Waals surface area contributed by atoms with Crippen LogP contribution in [-0.4, -0.2) is 36.4 Å². The second-order valence-electron chi connectivity index (χ2n) is 5.40. The monoisotopic (exact) mass is 384 g/mol. The van der Waals surface area contributed by atoms with Gasteiger partial charge in [-0.25, -0.2) is 4.79 Å². The van der Waals surface area contributed by atoms with Gasteiger partial charge in [0.1, 0.15) is 5.75 Å². The van der Waals surface area contributed by atoms with Crippen LogP contribution < -0.4 is 10.1 Å². The van der Waals surface area contributed by atoms with E-state index in [2.05, 4.69) is 5.32 Å². The van der Waals surface area contributed by atoms with Crippen molar-refractivity contribution >= 4 is 29.5 Å². The highest BCUT2D eigenvalue weighted by atomic mass is 16.6. The van der Waals surface area contributed by atoms with E-state index >= 15 is 0 Å². The molecule has 1 N–H and O–H groups in total. The quantitative estimate of drug-likeness (QED) is 0.335. The van der Waals surface area contributed by atoms with E-state index in [4.69, 9.17) is 9.47 Å². The highest BCUT2D eigenvalue weighted by molar-refractivity contribution is 6.05. The molecule has 0 heterocycles. The number of hydrogen-bond acceptors (Lipinski definition) is 7. The number of carbonyl (C=O) groups is 3. The number of nitrogens with zero attached hydrogens (tertiary/aromatic N) is 1. The van der Waals surface area contributed by atoms with Gasteiger partial charge >= 0.3 is 5.97 Å². The molecule has 28 heavy (non-hydrogen) atoms. The van der Waals surface area contributed by atoms with Crippen LogP contribution in [0.4, 0.5) is 5.69 Å². The zero-order chi connectivity index (χ0) is 20.5. The summed E-state index contributed by atoms with van der Waals surface area (Å²) in [5, 5.41) is 12.8. The van der Waals surface area contributed by atoms with Crippen molar-refractivity contribution in [2.24, 2.45) is 0 Å². The Morgan fingerprint density at radius 3 is 2.50 bits per heavy atom. The zero-order valence-electron chi connectivity index (χ0n) is 14.8. The number of nitro benzene ring substituents is 1. The normalized spacial score (nSPS) is 10.3. The Kier molecular flexibility index (Phi) is 6.98. The first-order valence-corrected chi connectivity index (χ1v) is 7.96. The second-order valence-corrected chi connectivity index (χ2v) is 5.40. The van der Waals surface area contributed by atoms with Gasteiger partial charge in [0, 0.05) is 23.8 Å². The van der Waals surface area contributed by atoms with Crippen LogP contribution in [0.25, 0.3) is 6.08 Å². The fraction of sp³-hybridized carbons (Fsp3) is 0.105. The van der Waals surface area contributed by atoms with Crippen LogP contribution in [-0.2, 0) is 14.3 Å². The van der Waals surface area contributed by atoms with Crippen LogP contribution in [0, 0.1) is 10.1 Å². The van der Waals surface area contributed by atoms with Gasteiger partial charge in [0.2, 0.25) is 0 Å². The number of nitro groups is 1. The number of benzene rings is 2. The van der Waals surface area contributed by atoms with Crippen molar-refractivity contribution < 1.29 is 28.8 Å². The number of amides is 2. The molecule has 0 aromatic heterocycles. The van der Waals surface area contributed by atoms with Crippen LogP contribution in [0.2, 0.25) is 0 Å². The Labute approximate surface area is 159 Å². The van der Waals surface area contributed by atoms with Crippen LogP contribution >= 0.6 is 0 Å². The standard InChI is InChI=1S/C19H16N2O7/c1-27-16-8-6-14(7-9-16)19(24)20-17(22)12-28-18(23)10-5-13-3-2-4-15(11-13)21(25)26/h2-11H,12H2,1H3,(H,20,22,24)/b10-5+. The van der Waals surface area contributed by atoms with Gasteiger partial charge in [-0.05, 0) is 35.9 Å². The third-order valence-electron chi connectivity index (χ3n) is 3.44. The van der Waals surface area contributed by atoms with Crippen LogP contribution in [0.5, 0.6) is 5.75 Å². The van der Waals surface area contributed by atoms with Gasteiger partial charge in [0.05, 0.1) is 12.0 Å². The summed E-state index contributed by atoms with van der Waals surface area (Å²) in [6.07, 6.45) is 2.34. The molecule has 9 nitrogen and oxygen atoms in total. The molecule has 0 bridgehead atoms. The topological polar surface area (TPSA) is 125 Å². The molecule has 0 aliphatic rings. The molecule has 0 saturated heterocycles. The lowest BCUT2D eigenvalue weighted by molar-refractivity contribution is -0.384. The number of imide groups is 1. The smallest absolute Gasteiger partial charge is 0.331 e. The lowest BCUT2D eigenvalue weighted by Gasteiger charge is -2.05. The highest BCUT2D eigenvalue weighted by Crippen LogP contribution is 2.14. The van der Waals surface area contributed by atoms with Crippen molar-refractivity contribution in [3.05, 3.63) is 75.8 Å². The molecule has 0 unspecified atom stereocenters. The molecule has 0 atom stereocenters. The number of ether oxygens (including phenoxy) is 2. The first-order valence-electron chi connectivity index (χ1n) is 7.96. The third kappa shape index (κ3) is 6.06. The molecule has 9 heteroatoms. The minimum absolute atomic E-state index is 0.119. The molecule has 0 spiro atoms. The van der Waals surface area contributed by atoms with Gasteiger partial charge in [-0.1, -0.05) is 12.1 Å². The maximum Gasteiger partial charge on any atom is 0.331 e. The van der Waals surface area contributed by atoms with E-state index in [9.17, 15) is 24.5 Å². The average molecular weight is 384 g/mol. The average Bonchev–Trinajstić information content (AvgIpc) is 2.71. The van der Waals surface area contributed by atoms with E-state index < -0.39 is 29.3 Å². The van der Waals surface area contributed by atoms with Crippen molar-refractivity contribution in [1.82, 2.24) is 5.32 Å². The third-order valence-corrected chi connectivity index (χ3v) is 3.44. The number of hydrogen-bond donors (Lipinski definition) is 1. The van der Waals surface area contributed by atoms with Crippen LogP contribution in [0.1, 0.15) is 15.9 Å². The molecule has 0 fully saturated rings. The molecule has 2 rings (SSSR count). The van der Waals surface area contributed by atoms with Crippen molar-refractivity contribution in [3.63, 3.8) is 0 Å². The number of rotatable bonds is 7. The molecule has 2 aromatic carbocycles. The Balaban J connectivity index is 1.83. The summed E-state index contributed by atoms with van der Waals surface area (Å²) in [7, 11) is 1.49. The summed E-state index contributed by atoms with van der Waals surface area (Å²) in [4.78, 5) is 45.4. The van der Waals surface area contributed by atoms with E-state index in [-0.39, 0.29) is 11.3 Å². The number of non-ortho nitro benzene ring substituents is 1. The molecular formula is C19H16N2O7. The number of methoxy groups -OCH3 is 1. The minimum Gasteiger partial charge on any atom is -0.497 e. The first-order chi connectivity index (χ1) is 13.4. The maximum absolute atomic E-state index is 11.9. The summed E-state index contributed by atoms with van der Waals surface area (Å²) in [5.74, 6) is -1.71. The first kappa shape index (κ1) is 20.3. The van der Waals surface area contributed by atoms with Gasteiger partial charge in [0.25, 0.3) is 17.5 Å². The SMILES string of the molecule is COc1ccc(C(=O)NC(=O)COC(=O)/C=C/c2cccc([N+](=O)[O-])c2)cc1. The minimum atomic E-state index is -0.835. The molecule has 0 aliphatic heterocycles. The van der Waals surface area contributed by atoms with Gasteiger partial charge in [-0.3, -0.25) is 25.0 Å². The zero-order valence-corrected chi connectivity index (χ0v) is 14.8. The maximum atomic E-state index is 11.9. The molecule has 2 amide bonds. The van der Waals surface area contributed by atoms with Crippen molar-refractivity contribution in [2.45, 2.75) is 0 Å². The lowest BCUT2D eigenvalue weighted by Crippen LogP contribution is -2.34. The number of esters is 1. The van der Waals surface area contributed by atoms with Crippen molar-refractivity contribution in [1.29, 1.82) is 0 Å². The molecule has 0 saturated carbocycles. The summed E-state index contributed by atoms with van der Waals surface area (Å²) in [5.41, 5.74) is 0.545. The van der Waals surface area contributed by atoms with Crippen molar-refractivity contribution in [3.8, 4) is 5.75 Å². The Morgan fingerprint density at radius 1 is 1.14 bits per heavy atom. The Hall–Kier alpha value is -4.01. The Bertz CT molecular complexity index is 920. The lowest BCUT2D eigenvalue weighted by atomic mass is 10.2. The molecule has 144 valence electrons. The molecule has 0 radical (unpaired) electrons. The van der Waals surface area contributed by atoms with Crippen molar-refractivity contribution in [2.75, 3.05) is 13.7 Å². The highest BCUT2D eigenvalue weighted by Gasteiger charge is 2.12. The van der Waals surface area contributed by atoms with Gasteiger partial charge in [-0.15, -0.1) is 0 Å². The summed E-state index contributed by atoms with van der Waals surface area (Å²) < 4.78 is 9.70. The summed E-state index contributed by atoms with van der Waals surface area (Å²) in [6, 6.07) is 11.7. The molecule has 0 aliphatic carbocycles. The second kappa shape index (κ2) is 9.62. The summed E-state index contributed by atoms with van der Waals surface area (Å²) >= 11 is 0. The summed E-state index contributed by atoms with van der Waals surface area (Å²) in [6.45, 7) is -0.653. The molecule has 2 aromatic rings. The van der Waals surface area contributed by atoms with Gasteiger partial charge in [0.15, 0.2) is 6.61 Å². The fourth-order valence-corrected chi connectivity index (χ4v) is 2.07. The predicted molar refractivity (Wildman–Crippen MR) is 98.6 cm³/mol. The van der Waals surface area contributed by atoms with E-state index in [1.54, 1.807) is 18.2 Å². The molecular weight excluding hydrogens is 368 g/mol. The number of nitrogens with one attached hydrogen (secondary N) is 1. The predicted octanol–water partition coefficient (Wildman–Crippen LogP) is 2.12. The fourth-order valence-electron chi connectivity index (χ4n) is 2.07. The van der Waals surface area contributed by atoms with E-state index in [0.717, 1.165) is 6.08 Å². The van der Waals surface area contributed by atoms with E-state index in [0.29, 0.717) is 11.3 Å². The van der Waals surface area contributed by atoms with Gasteiger partial charge < -0.3 is 9.47 Å². The van der Waals surface area contributed by atoms with Gasteiger partial charge in [-0.2, -0.15) is 0 Å². The Morgan fingerprint density at radius 2 is 1.86 bits per heavy atom. The van der Waals surface area contributed by atoms with Crippen LogP contribution in [0.3, 0.4) is 0 Å². The van der Waals surface area contributed by atoms with E-state index in [1.807, 2.05) is 0 Å². The largest absolute Gasteiger partial charge is 0.497 e. The van der Waals surface area contributed by atoms with E-state index in [1.165, 1.54) is 43.5 Å².